The Morgan fingerprint density at radius 3 is 2.88 bits per heavy atom. The molecule has 0 spiro atoms. The Balaban J connectivity index is 1.72. The Hall–Kier alpha value is -3.01. The lowest BCUT2D eigenvalue weighted by Gasteiger charge is -2.26. The third kappa shape index (κ3) is 2.10. The highest BCUT2D eigenvalue weighted by Gasteiger charge is 2.44. The van der Waals surface area contributed by atoms with Gasteiger partial charge in [-0.05, 0) is 34.8 Å². The second-order valence-electron chi connectivity index (χ2n) is 6.72. The van der Waals surface area contributed by atoms with Crippen LogP contribution in [0.1, 0.15) is 42.7 Å². The lowest BCUT2D eigenvalue weighted by Crippen LogP contribution is -2.33. The minimum atomic E-state index is -0.338. The number of nitrogens with one attached hydrogen (secondary N) is 1. The monoisotopic (exact) mass is 332 g/mol. The molecule has 0 amide bonds. The molecule has 7 heteroatoms. The van der Waals surface area contributed by atoms with Gasteiger partial charge in [0.05, 0.1) is 12.1 Å². The molecule has 1 fully saturated rings. The molecule has 2 aromatic heterocycles. The molecule has 0 bridgehead atoms. The Kier molecular flexibility index (Phi) is 3.17. The third-order valence-corrected chi connectivity index (χ3v) is 5.41. The van der Waals surface area contributed by atoms with E-state index in [1.807, 2.05) is 18.2 Å². The van der Waals surface area contributed by atoms with Crippen LogP contribution in [0.3, 0.4) is 0 Å². The first kappa shape index (κ1) is 14.3. The summed E-state index contributed by atoms with van der Waals surface area (Å²) in [5, 5.41) is 15.2. The van der Waals surface area contributed by atoms with Gasteiger partial charge in [-0.1, -0.05) is 25.0 Å². The number of nitrogens with zero attached hydrogens (tertiary/aromatic N) is 5. The molecule has 3 heterocycles. The van der Waals surface area contributed by atoms with Crippen molar-refractivity contribution in [3.63, 3.8) is 0 Å². The summed E-state index contributed by atoms with van der Waals surface area (Å²) in [5.41, 5.74) is 4.30. The summed E-state index contributed by atoms with van der Waals surface area (Å²) in [6.45, 7) is 7.89. The van der Waals surface area contributed by atoms with E-state index in [1.54, 1.807) is 6.20 Å². The predicted octanol–water partition coefficient (Wildman–Crippen LogP) is 3.64. The highest BCUT2D eigenvalue weighted by Crippen LogP contribution is 2.44. The normalized spacial score (nSPS) is 23.4. The molecule has 7 nitrogen and oxygen atoms in total. The molecule has 0 radical (unpaired) electrons. The van der Waals surface area contributed by atoms with Gasteiger partial charge < -0.3 is 4.85 Å². The average Bonchev–Trinajstić information content (AvgIpc) is 3.40. The second kappa shape index (κ2) is 5.52. The van der Waals surface area contributed by atoms with Crippen LogP contribution in [0.4, 0.5) is 5.82 Å². The van der Waals surface area contributed by atoms with E-state index in [2.05, 4.69) is 25.4 Å². The number of benzene rings is 1. The van der Waals surface area contributed by atoms with Crippen molar-refractivity contribution in [3.8, 4) is 0 Å². The fourth-order valence-corrected chi connectivity index (χ4v) is 4.25. The molecule has 3 aromatic rings. The summed E-state index contributed by atoms with van der Waals surface area (Å²) in [6.07, 6.45) is 6.41. The first-order valence-corrected chi connectivity index (χ1v) is 8.56. The quantitative estimate of drug-likeness (QED) is 0.726. The number of H-pyrrole nitrogens is 1. The summed E-state index contributed by atoms with van der Waals surface area (Å²) in [5.74, 6) is 0.989. The second-order valence-corrected chi connectivity index (χ2v) is 6.72. The van der Waals surface area contributed by atoms with E-state index in [4.69, 9.17) is 16.2 Å². The van der Waals surface area contributed by atoms with Crippen molar-refractivity contribution in [2.75, 3.05) is 0 Å². The maximum Gasteiger partial charge on any atom is 0.272 e. The Bertz CT molecular complexity index is 1000. The van der Waals surface area contributed by atoms with Crippen molar-refractivity contribution in [1.82, 2.24) is 20.5 Å². The fraction of sp³-hybridized carbons (Fsp3) is 0.389. The van der Waals surface area contributed by atoms with Crippen molar-refractivity contribution in [2.45, 2.75) is 37.6 Å². The lowest BCUT2D eigenvalue weighted by atomic mass is 9.78. The first-order chi connectivity index (χ1) is 12.4. The number of hydrogen-bond donors (Lipinski definition) is 1. The zero-order valence-electron chi connectivity index (χ0n) is 13.5. The van der Waals surface area contributed by atoms with Crippen molar-refractivity contribution >= 4 is 22.6 Å². The van der Waals surface area contributed by atoms with E-state index >= 15 is 0 Å². The largest absolute Gasteiger partial charge is 0.306 e. The smallest absolute Gasteiger partial charge is 0.272 e. The first-order valence-electron chi connectivity index (χ1n) is 8.56. The van der Waals surface area contributed by atoms with Crippen LogP contribution in [0.25, 0.3) is 15.9 Å². The third-order valence-electron chi connectivity index (χ3n) is 5.41. The molecule has 5 rings (SSSR count). The molecule has 2 aliphatic rings. The van der Waals surface area contributed by atoms with Crippen LogP contribution < -0.4 is 0 Å². The van der Waals surface area contributed by atoms with Crippen LogP contribution in [0.5, 0.6) is 0 Å². The fourth-order valence-electron chi connectivity index (χ4n) is 4.25. The van der Waals surface area contributed by atoms with Crippen molar-refractivity contribution in [3.05, 3.63) is 46.9 Å². The molecule has 0 saturated heterocycles. The number of rotatable bonds is 2. The molecule has 1 N–H and O–H groups in total. The van der Waals surface area contributed by atoms with Gasteiger partial charge in [0.25, 0.3) is 6.04 Å². The van der Waals surface area contributed by atoms with E-state index < -0.39 is 0 Å². The standard InChI is InChI=1S/C18H16N6O/c1-19-17-14(11-7-4-8-13-16(11)24-25-23-13)12-9-20-22-18(12)21-15(17)10-5-2-3-6-10/h4,7-10,14,17H,2-3,5-6H2,(H,20,22). The highest BCUT2D eigenvalue weighted by atomic mass is 16.6. The summed E-state index contributed by atoms with van der Waals surface area (Å²) in [6, 6.07) is 5.47. The van der Waals surface area contributed by atoms with Gasteiger partial charge in [-0.25, -0.2) is 16.2 Å². The summed E-state index contributed by atoms with van der Waals surface area (Å²) in [7, 11) is 0. The molecule has 25 heavy (non-hydrogen) atoms. The molecule has 124 valence electrons. The van der Waals surface area contributed by atoms with Crippen LogP contribution in [0, 0.1) is 12.5 Å². The van der Waals surface area contributed by atoms with Gasteiger partial charge in [0.2, 0.25) is 0 Å². The summed E-state index contributed by atoms with van der Waals surface area (Å²) >= 11 is 0. The minimum absolute atomic E-state index is 0.157. The maximum absolute atomic E-state index is 7.89. The van der Waals surface area contributed by atoms with Gasteiger partial charge >= 0.3 is 0 Å². The maximum atomic E-state index is 7.89. The van der Waals surface area contributed by atoms with Crippen LogP contribution >= 0.6 is 0 Å². The number of aromatic nitrogens is 4. The predicted molar refractivity (Wildman–Crippen MR) is 91.7 cm³/mol. The number of aliphatic imine (C=N–C) groups is 1. The van der Waals surface area contributed by atoms with Crippen molar-refractivity contribution in [2.24, 2.45) is 10.9 Å². The molecule has 1 aliphatic heterocycles. The molecular formula is C18H16N6O. The molecule has 1 aromatic carbocycles. The van der Waals surface area contributed by atoms with E-state index in [1.165, 1.54) is 12.8 Å². The van der Waals surface area contributed by atoms with E-state index in [0.717, 1.165) is 35.5 Å². The molecule has 1 saturated carbocycles. The highest BCUT2D eigenvalue weighted by molar-refractivity contribution is 5.99. The van der Waals surface area contributed by atoms with Crippen LogP contribution in [-0.2, 0) is 0 Å². The van der Waals surface area contributed by atoms with E-state index in [0.29, 0.717) is 17.0 Å². The van der Waals surface area contributed by atoms with Crippen LogP contribution in [0.15, 0.2) is 34.0 Å². The molecule has 1 aliphatic carbocycles. The van der Waals surface area contributed by atoms with E-state index in [9.17, 15) is 0 Å². The van der Waals surface area contributed by atoms with Gasteiger partial charge in [0, 0.05) is 11.5 Å². The molecular weight excluding hydrogens is 316 g/mol. The summed E-state index contributed by atoms with van der Waals surface area (Å²) in [4.78, 5) is 8.81. The number of fused-ring (bicyclic) bond motifs is 2. The number of hydrogen-bond acceptors (Lipinski definition) is 5. The minimum Gasteiger partial charge on any atom is -0.306 e. The van der Waals surface area contributed by atoms with Gasteiger partial charge in [0.15, 0.2) is 5.82 Å². The number of aromatic amines is 1. The topological polar surface area (TPSA) is 84.3 Å². The van der Waals surface area contributed by atoms with Crippen LogP contribution in [-0.4, -0.2) is 32.3 Å². The van der Waals surface area contributed by atoms with Crippen molar-refractivity contribution in [1.29, 1.82) is 0 Å². The average molecular weight is 332 g/mol. The molecule has 2 unspecified atom stereocenters. The molecule has 2 atom stereocenters. The van der Waals surface area contributed by atoms with Crippen LogP contribution in [0.2, 0.25) is 0 Å². The summed E-state index contributed by atoms with van der Waals surface area (Å²) < 4.78 is 4.93. The van der Waals surface area contributed by atoms with Crippen molar-refractivity contribution < 1.29 is 4.63 Å². The Labute approximate surface area is 143 Å². The van der Waals surface area contributed by atoms with E-state index in [-0.39, 0.29) is 12.0 Å². The Morgan fingerprint density at radius 2 is 2.04 bits per heavy atom. The van der Waals surface area contributed by atoms with Gasteiger partial charge in [-0.3, -0.25) is 5.10 Å². The van der Waals surface area contributed by atoms with Gasteiger partial charge in [-0.2, -0.15) is 5.10 Å². The SMILES string of the molecule is [C-]#[N+]C1C(C2CCCC2)=Nc2[nH]ncc2C1c1cccc2nonc12. The Morgan fingerprint density at radius 1 is 1.16 bits per heavy atom. The zero-order valence-corrected chi connectivity index (χ0v) is 13.5. The van der Waals surface area contributed by atoms with Gasteiger partial charge in [-0.15, -0.1) is 0 Å². The van der Waals surface area contributed by atoms with Gasteiger partial charge in [0.1, 0.15) is 16.7 Å². The zero-order chi connectivity index (χ0) is 16.8. The lowest BCUT2D eigenvalue weighted by molar-refractivity contribution is 0.315.